The Bertz CT molecular complexity index is 1340. The highest BCUT2D eigenvalue weighted by molar-refractivity contribution is 5.99. The molecule has 5 aromatic carbocycles. The summed E-state index contributed by atoms with van der Waals surface area (Å²) in [6, 6.07) is 33.4. The second kappa shape index (κ2) is 6.43. The van der Waals surface area contributed by atoms with Crippen molar-refractivity contribution in [2.45, 2.75) is 0 Å². The van der Waals surface area contributed by atoms with Crippen LogP contribution < -0.4 is 11.5 Å². The number of rotatable bonds is 2. The van der Waals surface area contributed by atoms with Crippen LogP contribution in [0.4, 0.5) is 11.4 Å². The third kappa shape index (κ3) is 2.67. The zero-order valence-electron chi connectivity index (χ0n) is 15.4. The maximum absolute atomic E-state index is 6.66. The first-order valence-electron chi connectivity index (χ1n) is 9.37. The van der Waals surface area contributed by atoms with Gasteiger partial charge in [-0.25, -0.2) is 0 Å². The molecule has 0 amide bonds. The molecule has 0 aliphatic heterocycles. The number of hydrogen-bond acceptors (Lipinski definition) is 2. The lowest BCUT2D eigenvalue weighted by Crippen LogP contribution is -1.99. The lowest BCUT2D eigenvalue weighted by atomic mass is 9.93. The van der Waals surface area contributed by atoms with E-state index in [4.69, 9.17) is 11.5 Å². The van der Waals surface area contributed by atoms with E-state index in [2.05, 4.69) is 72.8 Å². The highest BCUT2D eigenvalue weighted by atomic mass is 14.6. The SMILES string of the molecule is Nc1ccc(-c2ccc3ccccc3c2)c(N)c1-c1ccc2ccccc2c1. The topological polar surface area (TPSA) is 52.0 Å². The van der Waals surface area contributed by atoms with Crippen molar-refractivity contribution in [3.8, 4) is 22.3 Å². The zero-order valence-corrected chi connectivity index (χ0v) is 15.4. The van der Waals surface area contributed by atoms with E-state index >= 15 is 0 Å². The number of hydrogen-bond donors (Lipinski definition) is 2. The van der Waals surface area contributed by atoms with Crippen molar-refractivity contribution in [2.24, 2.45) is 0 Å². The average Bonchev–Trinajstić information content (AvgIpc) is 2.73. The molecule has 5 rings (SSSR count). The predicted molar refractivity (Wildman–Crippen MR) is 121 cm³/mol. The quantitative estimate of drug-likeness (QED) is 0.353. The highest BCUT2D eigenvalue weighted by Crippen LogP contribution is 2.40. The first-order valence-corrected chi connectivity index (χ1v) is 9.37. The monoisotopic (exact) mass is 360 g/mol. The molecule has 0 aliphatic carbocycles. The van der Waals surface area contributed by atoms with Gasteiger partial charge in [-0.3, -0.25) is 0 Å². The van der Waals surface area contributed by atoms with E-state index in [9.17, 15) is 0 Å². The Morgan fingerprint density at radius 2 is 1.00 bits per heavy atom. The fraction of sp³-hybridized carbons (Fsp3) is 0. The number of anilines is 2. The third-order valence-electron chi connectivity index (χ3n) is 5.38. The summed E-state index contributed by atoms with van der Waals surface area (Å²) in [7, 11) is 0. The van der Waals surface area contributed by atoms with Gasteiger partial charge in [-0.1, -0.05) is 78.9 Å². The molecule has 0 fully saturated rings. The molecule has 134 valence electrons. The van der Waals surface area contributed by atoms with Crippen molar-refractivity contribution in [3.63, 3.8) is 0 Å². The second-order valence-electron chi connectivity index (χ2n) is 7.11. The molecule has 5 aromatic rings. The second-order valence-corrected chi connectivity index (χ2v) is 7.11. The van der Waals surface area contributed by atoms with Gasteiger partial charge in [0, 0.05) is 22.5 Å². The normalized spacial score (nSPS) is 11.1. The van der Waals surface area contributed by atoms with Crippen molar-refractivity contribution < 1.29 is 0 Å². The van der Waals surface area contributed by atoms with Gasteiger partial charge in [0.15, 0.2) is 0 Å². The Hall–Kier alpha value is -3.78. The van der Waals surface area contributed by atoms with E-state index in [1.165, 1.54) is 21.5 Å². The summed E-state index contributed by atoms with van der Waals surface area (Å²) in [6.45, 7) is 0. The molecule has 0 bridgehead atoms. The first-order chi connectivity index (χ1) is 13.7. The molecular weight excluding hydrogens is 340 g/mol. The Morgan fingerprint density at radius 3 is 1.64 bits per heavy atom. The van der Waals surface area contributed by atoms with Gasteiger partial charge in [0.25, 0.3) is 0 Å². The lowest BCUT2D eigenvalue weighted by molar-refractivity contribution is 1.59. The molecule has 0 saturated carbocycles. The molecule has 0 aromatic heterocycles. The van der Waals surface area contributed by atoms with Crippen LogP contribution in [0.5, 0.6) is 0 Å². The van der Waals surface area contributed by atoms with E-state index in [1.54, 1.807) is 0 Å². The summed E-state index contributed by atoms with van der Waals surface area (Å²) in [4.78, 5) is 0. The van der Waals surface area contributed by atoms with Crippen molar-refractivity contribution in [3.05, 3.63) is 97.1 Å². The number of fused-ring (bicyclic) bond motifs is 2. The summed E-state index contributed by atoms with van der Waals surface area (Å²) in [6.07, 6.45) is 0. The summed E-state index contributed by atoms with van der Waals surface area (Å²) in [5, 5.41) is 4.79. The van der Waals surface area contributed by atoms with Crippen LogP contribution in [0.2, 0.25) is 0 Å². The average molecular weight is 360 g/mol. The van der Waals surface area contributed by atoms with Gasteiger partial charge in [0.2, 0.25) is 0 Å². The van der Waals surface area contributed by atoms with Gasteiger partial charge in [-0.15, -0.1) is 0 Å². The molecule has 0 radical (unpaired) electrons. The van der Waals surface area contributed by atoms with Crippen molar-refractivity contribution in [1.29, 1.82) is 0 Å². The fourth-order valence-electron chi connectivity index (χ4n) is 3.91. The minimum absolute atomic E-state index is 0.692. The minimum atomic E-state index is 0.692. The van der Waals surface area contributed by atoms with E-state index < -0.39 is 0 Å². The van der Waals surface area contributed by atoms with E-state index in [-0.39, 0.29) is 0 Å². The molecule has 2 heteroatoms. The zero-order chi connectivity index (χ0) is 19.1. The molecule has 0 atom stereocenters. The van der Waals surface area contributed by atoms with Crippen LogP contribution in [0.3, 0.4) is 0 Å². The summed E-state index contributed by atoms with van der Waals surface area (Å²) in [5.41, 5.74) is 18.5. The molecule has 2 nitrogen and oxygen atoms in total. The molecule has 0 heterocycles. The van der Waals surface area contributed by atoms with E-state index in [1.807, 2.05) is 24.3 Å². The predicted octanol–water partition coefficient (Wildman–Crippen LogP) is 6.49. The molecule has 0 aliphatic rings. The largest absolute Gasteiger partial charge is 0.398 e. The van der Waals surface area contributed by atoms with Crippen molar-refractivity contribution >= 4 is 32.9 Å². The van der Waals surface area contributed by atoms with Crippen LogP contribution in [0.1, 0.15) is 0 Å². The lowest BCUT2D eigenvalue weighted by Gasteiger charge is -2.15. The smallest absolute Gasteiger partial charge is 0.0494 e. The summed E-state index contributed by atoms with van der Waals surface area (Å²) in [5.74, 6) is 0. The van der Waals surface area contributed by atoms with E-state index in [0.717, 1.165) is 22.3 Å². The van der Waals surface area contributed by atoms with Crippen LogP contribution in [-0.4, -0.2) is 0 Å². The van der Waals surface area contributed by atoms with Crippen LogP contribution in [-0.2, 0) is 0 Å². The molecule has 28 heavy (non-hydrogen) atoms. The first kappa shape index (κ1) is 16.4. The molecule has 0 unspecified atom stereocenters. The molecule has 0 saturated heterocycles. The van der Waals surface area contributed by atoms with Gasteiger partial charge in [-0.2, -0.15) is 0 Å². The van der Waals surface area contributed by atoms with Gasteiger partial charge in [0.05, 0.1) is 0 Å². The fourth-order valence-corrected chi connectivity index (χ4v) is 3.91. The standard InChI is InChI=1S/C26H20N2/c27-24-14-13-23(21-11-9-17-5-1-3-7-19(17)15-21)26(28)25(24)22-12-10-18-6-2-4-8-20(18)16-22/h1-16H,27-28H2. The molecule has 0 spiro atoms. The maximum Gasteiger partial charge on any atom is 0.0494 e. The number of nitrogen functional groups attached to an aromatic ring is 2. The van der Waals surface area contributed by atoms with Gasteiger partial charge in [-0.05, 0) is 50.9 Å². The highest BCUT2D eigenvalue weighted by Gasteiger charge is 2.13. The summed E-state index contributed by atoms with van der Waals surface area (Å²) >= 11 is 0. The summed E-state index contributed by atoms with van der Waals surface area (Å²) < 4.78 is 0. The maximum atomic E-state index is 6.66. The van der Waals surface area contributed by atoms with Gasteiger partial charge >= 0.3 is 0 Å². The number of nitrogens with two attached hydrogens (primary N) is 2. The third-order valence-corrected chi connectivity index (χ3v) is 5.38. The van der Waals surface area contributed by atoms with E-state index in [0.29, 0.717) is 11.4 Å². The Balaban J connectivity index is 1.70. The number of benzene rings is 5. The van der Waals surface area contributed by atoms with Crippen molar-refractivity contribution in [1.82, 2.24) is 0 Å². The Labute approximate surface area is 164 Å². The van der Waals surface area contributed by atoms with Crippen molar-refractivity contribution in [2.75, 3.05) is 11.5 Å². The molecular formula is C26H20N2. The van der Waals surface area contributed by atoms with Crippen LogP contribution >= 0.6 is 0 Å². The molecule has 4 N–H and O–H groups in total. The minimum Gasteiger partial charge on any atom is -0.398 e. The van der Waals surface area contributed by atoms with Gasteiger partial charge < -0.3 is 11.5 Å². The Morgan fingerprint density at radius 1 is 0.464 bits per heavy atom. The van der Waals surface area contributed by atoms with Crippen LogP contribution in [0.15, 0.2) is 97.1 Å². The van der Waals surface area contributed by atoms with Crippen LogP contribution in [0.25, 0.3) is 43.8 Å². The van der Waals surface area contributed by atoms with Crippen LogP contribution in [0, 0.1) is 0 Å². The Kier molecular flexibility index (Phi) is 3.77. The van der Waals surface area contributed by atoms with Gasteiger partial charge in [0.1, 0.15) is 0 Å².